The van der Waals surface area contributed by atoms with Gasteiger partial charge in [-0.25, -0.2) is 4.79 Å². The highest BCUT2D eigenvalue weighted by Gasteiger charge is 2.18. The number of para-hydroxylation sites is 2. The monoisotopic (exact) mass is 358 g/mol. The molecule has 2 aromatic heterocycles. The first-order chi connectivity index (χ1) is 13.2. The zero-order chi connectivity index (χ0) is 18.6. The molecule has 132 valence electrons. The van der Waals surface area contributed by atoms with E-state index in [1.165, 1.54) is 12.3 Å². The molecule has 0 aliphatic heterocycles. The lowest BCUT2D eigenvalue weighted by molar-refractivity contribution is 0.0702. The summed E-state index contributed by atoms with van der Waals surface area (Å²) in [5, 5.41) is 0.801. The number of benzene rings is 2. The third kappa shape index (κ3) is 3.57. The van der Waals surface area contributed by atoms with E-state index < -0.39 is 5.97 Å². The van der Waals surface area contributed by atoms with Crippen molar-refractivity contribution in [1.82, 2.24) is 0 Å². The SMILES string of the molecule is O=C(Oc1ccccc1C(=O)/C=C/c1ccco1)c1cc2ccccc2o1. The predicted octanol–water partition coefficient (Wildman–Crippen LogP) is 5.14. The summed E-state index contributed by atoms with van der Waals surface area (Å²) in [6.07, 6.45) is 4.44. The summed E-state index contributed by atoms with van der Waals surface area (Å²) >= 11 is 0. The molecule has 2 aromatic carbocycles. The average molecular weight is 358 g/mol. The van der Waals surface area contributed by atoms with Crippen molar-refractivity contribution in [3.05, 3.63) is 96.2 Å². The number of rotatable bonds is 5. The van der Waals surface area contributed by atoms with Gasteiger partial charge >= 0.3 is 5.97 Å². The largest absolute Gasteiger partial charge is 0.465 e. The number of hydrogen-bond donors (Lipinski definition) is 0. The van der Waals surface area contributed by atoms with E-state index in [0.29, 0.717) is 11.3 Å². The van der Waals surface area contributed by atoms with E-state index in [4.69, 9.17) is 13.6 Å². The standard InChI is InChI=1S/C22H14O5/c23-18(12-11-16-7-5-13-25-16)17-8-2-4-10-20(17)27-22(24)21-14-15-6-1-3-9-19(15)26-21/h1-14H/b12-11+. The number of furan rings is 2. The van der Waals surface area contributed by atoms with Crippen molar-refractivity contribution < 1.29 is 23.2 Å². The summed E-state index contributed by atoms with van der Waals surface area (Å²) in [6.45, 7) is 0. The van der Waals surface area contributed by atoms with Crippen molar-refractivity contribution >= 4 is 28.8 Å². The van der Waals surface area contributed by atoms with Crippen molar-refractivity contribution in [3.8, 4) is 5.75 Å². The van der Waals surface area contributed by atoms with E-state index in [1.807, 2.05) is 18.2 Å². The molecule has 0 aliphatic rings. The van der Waals surface area contributed by atoms with Gasteiger partial charge in [-0.15, -0.1) is 0 Å². The van der Waals surface area contributed by atoms with Crippen molar-refractivity contribution in [2.45, 2.75) is 0 Å². The third-order valence-electron chi connectivity index (χ3n) is 3.92. The van der Waals surface area contributed by atoms with Crippen molar-refractivity contribution in [2.24, 2.45) is 0 Å². The van der Waals surface area contributed by atoms with Gasteiger partial charge in [0.1, 0.15) is 17.1 Å². The minimum absolute atomic E-state index is 0.0737. The van der Waals surface area contributed by atoms with Gasteiger partial charge < -0.3 is 13.6 Å². The molecule has 27 heavy (non-hydrogen) atoms. The lowest BCUT2D eigenvalue weighted by atomic mass is 10.1. The van der Waals surface area contributed by atoms with Gasteiger partial charge in [-0.1, -0.05) is 30.3 Å². The Kier molecular flexibility index (Phi) is 4.41. The average Bonchev–Trinajstić information content (AvgIpc) is 3.36. The van der Waals surface area contributed by atoms with Crippen LogP contribution in [0.15, 0.2) is 87.9 Å². The van der Waals surface area contributed by atoms with Gasteiger partial charge in [0, 0.05) is 5.39 Å². The van der Waals surface area contributed by atoms with Crippen LogP contribution < -0.4 is 4.74 Å². The molecule has 0 aliphatic carbocycles. The highest BCUT2D eigenvalue weighted by atomic mass is 16.5. The second kappa shape index (κ2) is 7.17. The molecule has 0 saturated carbocycles. The molecule has 4 rings (SSSR count). The molecule has 0 bridgehead atoms. The van der Waals surface area contributed by atoms with Crippen molar-refractivity contribution in [3.63, 3.8) is 0 Å². The van der Waals surface area contributed by atoms with E-state index in [1.54, 1.807) is 54.6 Å². The van der Waals surface area contributed by atoms with Gasteiger partial charge in [-0.2, -0.15) is 0 Å². The van der Waals surface area contributed by atoms with E-state index in [9.17, 15) is 9.59 Å². The van der Waals surface area contributed by atoms with Gasteiger partial charge in [-0.05, 0) is 48.6 Å². The molecule has 5 nitrogen and oxygen atoms in total. The summed E-state index contributed by atoms with van der Waals surface area (Å²) < 4.78 is 16.1. The van der Waals surface area contributed by atoms with Gasteiger partial charge in [0.2, 0.25) is 5.76 Å². The lowest BCUT2D eigenvalue weighted by Crippen LogP contribution is -2.10. The van der Waals surface area contributed by atoms with Gasteiger partial charge in [0.15, 0.2) is 5.78 Å². The fourth-order valence-corrected chi connectivity index (χ4v) is 2.63. The Morgan fingerprint density at radius 2 is 1.74 bits per heavy atom. The van der Waals surface area contributed by atoms with Crippen molar-refractivity contribution in [1.29, 1.82) is 0 Å². The Labute approximate surface area is 154 Å². The summed E-state index contributed by atoms with van der Waals surface area (Å²) in [5.74, 6) is -0.178. The summed E-state index contributed by atoms with van der Waals surface area (Å²) in [7, 11) is 0. The maximum Gasteiger partial charge on any atom is 0.379 e. The van der Waals surface area contributed by atoms with Crippen LogP contribution in [-0.4, -0.2) is 11.8 Å². The molecule has 0 radical (unpaired) electrons. The van der Waals surface area contributed by atoms with Gasteiger partial charge in [0.05, 0.1) is 11.8 Å². The number of allylic oxidation sites excluding steroid dienone is 1. The van der Waals surface area contributed by atoms with Gasteiger partial charge in [0.25, 0.3) is 0 Å². The van der Waals surface area contributed by atoms with Crippen LogP contribution in [-0.2, 0) is 0 Å². The molecule has 0 atom stereocenters. The Morgan fingerprint density at radius 3 is 2.56 bits per heavy atom. The Hall–Kier alpha value is -3.86. The number of carbonyl (C=O) groups excluding carboxylic acids is 2. The molecule has 0 unspecified atom stereocenters. The quantitative estimate of drug-likeness (QED) is 0.214. The molecule has 0 saturated heterocycles. The minimum atomic E-state index is -0.665. The van der Waals surface area contributed by atoms with E-state index in [0.717, 1.165) is 5.39 Å². The maximum atomic E-state index is 12.5. The second-order valence-corrected chi connectivity index (χ2v) is 5.75. The Bertz CT molecular complexity index is 1100. The summed E-state index contributed by atoms with van der Waals surface area (Å²) in [4.78, 5) is 24.9. The third-order valence-corrected chi connectivity index (χ3v) is 3.92. The van der Waals surface area contributed by atoms with Crippen molar-refractivity contribution in [2.75, 3.05) is 0 Å². The van der Waals surface area contributed by atoms with Crippen LogP contribution in [0.2, 0.25) is 0 Å². The second-order valence-electron chi connectivity index (χ2n) is 5.75. The number of carbonyl (C=O) groups is 2. The minimum Gasteiger partial charge on any atom is -0.465 e. The molecule has 0 amide bonds. The predicted molar refractivity (Wildman–Crippen MR) is 99.7 cm³/mol. The molecule has 2 heterocycles. The van der Waals surface area contributed by atoms with E-state index in [2.05, 4.69) is 0 Å². The molecular formula is C22H14O5. The number of hydrogen-bond acceptors (Lipinski definition) is 5. The molecule has 0 spiro atoms. The van der Waals surface area contributed by atoms with Crippen LogP contribution >= 0.6 is 0 Å². The smallest absolute Gasteiger partial charge is 0.379 e. The van der Waals surface area contributed by atoms with Crippen LogP contribution in [0.4, 0.5) is 0 Å². The number of ether oxygens (including phenoxy) is 1. The van der Waals surface area contributed by atoms with Crippen LogP contribution in [0.3, 0.4) is 0 Å². The maximum absolute atomic E-state index is 12.5. The number of esters is 1. The first-order valence-corrected chi connectivity index (χ1v) is 8.26. The summed E-state index contributed by atoms with van der Waals surface area (Å²) in [6, 6.07) is 18.9. The zero-order valence-electron chi connectivity index (χ0n) is 14.1. The molecule has 0 N–H and O–H groups in total. The highest BCUT2D eigenvalue weighted by Crippen LogP contribution is 2.23. The molecule has 4 aromatic rings. The lowest BCUT2D eigenvalue weighted by Gasteiger charge is -2.06. The Morgan fingerprint density at radius 1 is 0.926 bits per heavy atom. The van der Waals surface area contributed by atoms with Crippen LogP contribution in [0, 0.1) is 0 Å². The Balaban J connectivity index is 1.57. The first-order valence-electron chi connectivity index (χ1n) is 8.26. The topological polar surface area (TPSA) is 69.7 Å². The zero-order valence-corrected chi connectivity index (χ0v) is 14.1. The molecule has 5 heteroatoms. The first kappa shape index (κ1) is 16.6. The summed E-state index contributed by atoms with van der Waals surface area (Å²) in [5.41, 5.74) is 0.861. The fourth-order valence-electron chi connectivity index (χ4n) is 2.63. The van der Waals surface area contributed by atoms with Crippen LogP contribution in [0.1, 0.15) is 26.7 Å². The fraction of sp³-hybridized carbons (Fsp3) is 0. The van der Waals surface area contributed by atoms with E-state index >= 15 is 0 Å². The molecule has 0 fully saturated rings. The normalized spacial score (nSPS) is 11.1. The van der Waals surface area contributed by atoms with Gasteiger partial charge in [-0.3, -0.25) is 4.79 Å². The van der Waals surface area contributed by atoms with Crippen LogP contribution in [0.25, 0.3) is 17.0 Å². The highest BCUT2D eigenvalue weighted by molar-refractivity contribution is 6.09. The van der Waals surface area contributed by atoms with E-state index in [-0.39, 0.29) is 22.9 Å². The van der Waals surface area contributed by atoms with Crippen LogP contribution in [0.5, 0.6) is 5.75 Å². The number of fused-ring (bicyclic) bond motifs is 1. The molecular weight excluding hydrogens is 344 g/mol. The number of ketones is 1.